The molecule has 2 aromatic rings. The second-order valence-corrected chi connectivity index (χ2v) is 7.93. The van der Waals surface area contributed by atoms with Gasteiger partial charge in [-0.05, 0) is 11.6 Å². The summed E-state index contributed by atoms with van der Waals surface area (Å²) >= 11 is 16.9. The number of nitrogens with two attached hydrogens (primary N) is 1. The minimum atomic E-state index is -1.74. The van der Waals surface area contributed by atoms with Crippen LogP contribution in [0.25, 0.3) is 16.6 Å². The minimum absolute atomic E-state index is 0.170. The SMILES string of the molecule is COC(=O)C1=C(N)c2c(c3ccccc3n2C(=O)OCC(Cl)(Cl)Cl)C1. The molecule has 3 rings (SSSR count). The molecule has 0 atom stereocenters. The van der Waals surface area contributed by atoms with Crippen molar-refractivity contribution in [3.63, 3.8) is 0 Å². The lowest BCUT2D eigenvalue weighted by atomic mass is 10.1. The van der Waals surface area contributed by atoms with Crippen LogP contribution in [0, 0.1) is 0 Å². The molecule has 0 fully saturated rings. The number of hydrogen-bond donors (Lipinski definition) is 1. The Morgan fingerprint density at radius 1 is 1.28 bits per heavy atom. The topological polar surface area (TPSA) is 83.5 Å². The molecule has 1 aliphatic rings. The Morgan fingerprint density at radius 3 is 2.60 bits per heavy atom. The Hall–Kier alpha value is -1.89. The molecule has 0 saturated carbocycles. The van der Waals surface area contributed by atoms with Gasteiger partial charge in [-0.2, -0.15) is 0 Å². The number of aromatic nitrogens is 1. The molecule has 1 aromatic carbocycles. The van der Waals surface area contributed by atoms with Crippen LogP contribution in [0.5, 0.6) is 0 Å². The predicted octanol–water partition coefficient (Wildman–Crippen LogP) is 3.40. The maximum absolute atomic E-state index is 12.6. The number of carbonyl (C=O) groups is 2. The number of fused-ring (bicyclic) bond motifs is 3. The Balaban J connectivity index is 2.13. The van der Waals surface area contributed by atoms with E-state index < -0.39 is 22.5 Å². The predicted molar refractivity (Wildman–Crippen MR) is 95.8 cm³/mol. The highest BCUT2D eigenvalue weighted by Gasteiger charge is 2.34. The van der Waals surface area contributed by atoms with E-state index in [-0.39, 0.29) is 12.1 Å². The van der Waals surface area contributed by atoms with Crippen LogP contribution in [0.2, 0.25) is 0 Å². The van der Waals surface area contributed by atoms with Crippen molar-refractivity contribution in [1.82, 2.24) is 4.57 Å². The quantitative estimate of drug-likeness (QED) is 0.614. The third-order valence-electron chi connectivity index (χ3n) is 3.89. The summed E-state index contributed by atoms with van der Waals surface area (Å²) < 4.78 is 9.39. The molecule has 9 heteroatoms. The van der Waals surface area contributed by atoms with Crippen LogP contribution >= 0.6 is 34.8 Å². The van der Waals surface area contributed by atoms with Crippen molar-refractivity contribution in [1.29, 1.82) is 0 Å². The molecule has 0 amide bonds. The minimum Gasteiger partial charge on any atom is -0.466 e. The molecule has 0 spiro atoms. The largest absolute Gasteiger partial charge is 0.466 e. The summed E-state index contributed by atoms with van der Waals surface area (Å²) in [5.41, 5.74) is 8.33. The number of methoxy groups -OCH3 is 1. The van der Waals surface area contributed by atoms with Crippen molar-refractivity contribution in [2.45, 2.75) is 10.2 Å². The molecule has 132 valence electrons. The van der Waals surface area contributed by atoms with E-state index in [4.69, 9.17) is 50.0 Å². The van der Waals surface area contributed by atoms with Gasteiger partial charge >= 0.3 is 12.1 Å². The van der Waals surface area contributed by atoms with E-state index >= 15 is 0 Å². The maximum Gasteiger partial charge on any atom is 0.419 e. The highest BCUT2D eigenvalue weighted by molar-refractivity contribution is 6.67. The fourth-order valence-corrected chi connectivity index (χ4v) is 3.05. The lowest BCUT2D eigenvalue weighted by Gasteiger charge is -2.14. The number of para-hydroxylation sites is 1. The number of ether oxygens (including phenoxy) is 2. The van der Waals surface area contributed by atoms with E-state index in [1.165, 1.54) is 11.7 Å². The van der Waals surface area contributed by atoms with Crippen LogP contribution in [-0.2, 0) is 20.7 Å². The number of esters is 1. The molecule has 0 saturated heterocycles. The van der Waals surface area contributed by atoms with Gasteiger partial charge in [-0.3, -0.25) is 0 Å². The molecule has 1 aromatic heterocycles. The van der Waals surface area contributed by atoms with Crippen LogP contribution in [0.3, 0.4) is 0 Å². The second-order valence-electron chi connectivity index (χ2n) is 5.41. The molecule has 1 aliphatic carbocycles. The number of carbonyl (C=O) groups excluding carboxylic acids is 2. The van der Waals surface area contributed by atoms with Crippen molar-refractivity contribution in [2.24, 2.45) is 5.73 Å². The summed E-state index contributed by atoms with van der Waals surface area (Å²) in [4.78, 5) is 24.5. The molecule has 0 radical (unpaired) electrons. The van der Waals surface area contributed by atoms with E-state index in [9.17, 15) is 9.59 Å². The van der Waals surface area contributed by atoms with Crippen molar-refractivity contribution < 1.29 is 19.1 Å². The third kappa shape index (κ3) is 3.17. The lowest BCUT2D eigenvalue weighted by Crippen LogP contribution is -2.23. The molecule has 1 heterocycles. The summed E-state index contributed by atoms with van der Waals surface area (Å²) in [5, 5.41) is 0.783. The fourth-order valence-electron chi connectivity index (χ4n) is 2.89. The Labute approximate surface area is 158 Å². The third-order valence-corrected chi connectivity index (χ3v) is 4.21. The number of halogens is 3. The van der Waals surface area contributed by atoms with E-state index in [2.05, 4.69) is 0 Å². The highest BCUT2D eigenvalue weighted by atomic mass is 35.6. The summed E-state index contributed by atoms with van der Waals surface area (Å²) in [6.45, 7) is -0.425. The molecular weight excluding hydrogens is 391 g/mol. The summed E-state index contributed by atoms with van der Waals surface area (Å²) in [5.74, 6) is -0.543. The average molecular weight is 404 g/mol. The number of nitrogens with zero attached hydrogens (tertiary/aromatic N) is 1. The van der Waals surface area contributed by atoms with Crippen LogP contribution in [0.15, 0.2) is 29.8 Å². The number of alkyl halides is 3. The summed E-state index contributed by atoms with van der Waals surface area (Å²) in [6.07, 6.45) is -0.489. The van der Waals surface area contributed by atoms with Crippen LogP contribution in [0.4, 0.5) is 4.79 Å². The van der Waals surface area contributed by atoms with Crippen LogP contribution in [0.1, 0.15) is 11.3 Å². The summed E-state index contributed by atoms with van der Waals surface area (Å²) in [7, 11) is 1.27. The average Bonchev–Trinajstić information content (AvgIpc) is 3.06. The zero-order valence-corrected chi connectivity index (χ0v) is 15.3. The molecule has 0 unspecified atom stereocenters. The van der Waals surface area contributed by atoms with Gasteiger partial charge in [0.05, 0.1) is 29.6 Å². The molecule has 0 bridgehead atoms. The first-order valence-corrected chi connectivity index (χ1v) is 8.31. The molecular formula is C16H13Cl3N2O4. The zero-order valence-electron chi connectivity index (χ0n) is 13.0. The molecule has 25 heavy (non-hydrogen) atoms. The zero-order chi connectivity index (χ0) is 18.4. The van der Waals surface area contributed by atoms with Gasteiger partial charge < -0.3 is 15.2 Å². The first kappa shape index (κ1) is 17.9. The Morgan fingerprint density at radius 2 is 1.96 bits per heavy atom. The van der Waals surface area contributed by atoms with Gasteiger partial charge in [0.1, 0.15) is 6.61 Å². The smallest absolute Gasteiger partial charge is 0.419 e. The van der Waals surface area contributed by atoms with Crippen LogP contribution < -0.4 is 5.73 Å². The Kier molecular flexibility index (Phi) is 4.62. The van der Waals surface area contributed by atoms with E-state index in [0.717, 1.165) is 10.9 Å². The molecule has 0 aliphatic heterocycles. The van der Waals surface area contributed by atoms with Gasteiger partial charge in [0.2, 0.25) is 3.79 Å². The maximum atomic E-state index is 12.6. The van der Waals surface area contributed by atoms with Gasteiger partial charge in [0.25, 0.3) is 0 Å². The van der Waals surface area contributed by atoms with E-state index in [1.807, 2.05) is 12.1 Å². The van der Waals surface area contributed by atoms with Crippen molar-refractivity contribution in [2.75, 3.05) is 13.7 Å². The molecule has 6 nitrogen and oxygen atoms in total. The first-order valence-electron chi connectivity index (χ1n) is 7.18. The van der Waals surface area contributed by atoms with Gasteiger partial charge in [-0.15, -0.1) is 0 Å². The van der Waals surface area contributed by atoms with Crippen LogP contribution in [-0.4, -0.2) is 34.1 Å². The van der Waals surface area contributed by atoms with Gasteiger partial charge in [0.15, 0.2) is 0 Å². The van der Waals surface area contributed by atoms with Crippen molar-refractivity contribution in [3.05, 3.63) is 41.1 Å². The number of rotatable bonds is 2. The highest BCUT2D eigenvalue weighted by Crippen LogP contribution is 2.38. The standard InChI is InChI=1S/C16H13Cl3N2O4/c1-24-14(22)10-6-9-8-4-2-3-5-11(8)21(13(9)12(10)20)15(23)25-7-16(17,18)19/h2-5H,6-7,20H2,1H3. The number of hydrogen-bond acceptors (Lipinski definition) is 5. The monoisotopic (exact) mass is 402 g/mol. The second kappa shape index (κ2) is 6.44. The normalized spacial score (nSPS) is 13.9. The van der Waals surface area contributed by atoms with E-state index in [0.29, 0.717) is 16.8 Å². The lowest BCUT2D eigenvalue weighted by molar-refractivity contribution is -0.136. The fraction of sp³-hybridized carbons (Fsp3) is 0.250. The van der Waals surface area contributed by atoms with Gasteiger partial charge in [-0.1, -0.05) is 53.0 Å². The van der Waals surface area contributed by atoms with E-state index in [1.54, 1.807) is 12.1 Å². The van der Waals surface area contributed by atoms with Gasteiger partial charge in [0, 0.05) is 11.8 Å². The first-order chi connectivity index (χ1) is 11.7. The van der Waals surface area contributed by atoms with Crippen molar-refractivity contribution in [3.8, 4) is 0 Å². The molecule has 2 N–H and O–H groups in total. The van der Waals surface area contributed by atoms with Gasteiger partial charge in [-0.25, -0.2) is 14.2 Å². The number of benzene rings is 1. The van der Waals surface area contributed by atoms with Crippen molar-refractivity contribution >= 4 is 63.5 Å². The Bertz CT molecular complexity index is 912. The summed E-state index contributed by atoms with van der Waals surface area (Å²) in [6, 6.07) is 7.18.